The van der Waals surface area contributed by atoms with E-state index in [9.17, 15) is 0 Å². The molecule has 0 saturated carbocycles. The number of rotatable bonds is 0. The monoisotopic (exact) mass is 326 g/mol. The van der Waals surface area contributed by atoms with Crippen LogP contribution in [0.1, 0.15) is 0 Å². The van der Waals surface area contributed by atoms with Crippen LogP contribution >= 0.6 is 12.2 Å². The largest absolute Gasteiger partial charge is 0.332 e. The Morgan fingerprint density at radius 2 is 1.00 bits per heavy atom. The highest BCUT2D eigenvalue weighted by atomic mass is 32.1. The Kier molecular flexibility index (Phi) is 2.84. The number of thiocarbonyl (C=S) groups is 1. The molecular weight excluding hydrogens is 312 g/mol. The van der Waals surface area contributed by atoms with Crippen LogP contribution in [-0.4, -0.2) is 5.11 Å². The lowest BCUT2D eigenvalue weighted by Gasteiger charge is -2.15. The second kappa shape index (κ2) is 5.05. The molecule has 3 heteroatoms. The molecule has 0 atom stereocenters. The van der Waals surface area contributed by atoms with E-state index in [1.165, 1.54) is 32.7 Å². The van der Waals surface area contributed by atoms with Gasteiger partial charge in [-0.05, 0) is 45.9 Å². The highest BCUT2D eigenvalue weighted by molar-refractivity contribution is 7.80. The van der Waals surface area contributed by atoms with Crippen molar-refractivity contribution in [3.05, 3.63) is 72.8 Å². The number of hydrogen-bond donors (Lipinski definition) is 2. The minimum Gasteiger partial charge on any atom is -0.332 e. The van der Waals surface area contributed by atoms with Crippen molar-refractivity contribution < 1.29 is 0 Å². The zero-order valence-electron chi connectivity index (χ0n) is 12.8. The summed E-state index contributed by atoms with van der Waals surface area (Å²) in [5, 5.41) is 12.2. The number of hydrogen-bond acceptors (Lipinski definition) is 1. The number of nitrogens with one attached hydrogen (secondary N) is 2. The summed E-state index contributed by atoms with van der Waals surface area (Å²) >= 11 is 5.47. The first-order chi connectivity index (χ1) is 11.8. The lowest BCUT2D eigenvalue weighted by molar-refractivity contribution is 1.68. The molecule has 0 bridgehead atoms. The molecule has 114 valence electrons. The van der Waals surface area contributed by atoms with E-state index in [2.05, 4.69) is 83.4 Å². The van der Waals surface area contributed by atoms with Crippen molar-refractivity contribution in [3.63, 3.8) is 0 Å². The highest BCUT2D eigenvalue weighted by Gasteiger charge is 2.20. The molecule has 2 nitrogen and oxygen atoms in total. The van der Waals surface area contributed by atoms with Crippen LogP contribution in [0.4, 0.5) is 11.4 Å². The quantitative estimate of drug-likeness (QED) is 0.400. The molecule has 24 heavy (non-hydrogen) atoms. The fourth-order valence-corrected chi connectivity index (χ4v) is 3.79. The van der Waals surface area contributed by atoms with Gasteiger partial charge in [0.2, 0.25) is 0 Å². The van der Waals surface area contributed by atoms with Crippen molar-refractivity contribution in [2.45, 2.75) is 0 Å². The summed E-state index contributed by atoms with van der Waals surface area (Å²) < 4.78 is 0. The third-order valence-electron chi connectivity index (χ3n) is 4.60. The Hall–Kier alpha value is -2.91. The van der Waals surface area contributed by atoms with Gasteiger partial charge in [-0.1, -0.05) is 60.7 Å². The summed E-state index contributed by atoms with van der Waals surface area (Å²) in [5.41, 5.74) is 4.49. The Balaban J connectivity index is 2.02. The molecule has 4 aromatic carbocycles. The molecule has 4 aromatic rings. The number of benzene rings is 4. The lowest BCUT2D eigenvalue weighted by Crippen LogP contribution is -2.17. The van der Waals surface area contributed by atoms with E-state index in [1.807, 2.05) is 0 Å². The molecule has 0 fully saturated rings. The molecule has 0 radical (unpaired) electrons. The minimum atomic E-state index is 0.626. The van der Waals surface area contributed by atoms with Crippen LogP contribution in [0.2, 0.25) is 0 Å². The minimum absolute atomic E-state index is 0.626. The van der Waals surface area contributed by atoms with Crippen LogP contribution < -0.4 is 10.6 Å². The van der Waals surface area contributed by atoms with E-state index < -0.39 is 0 Å². The topological polar surface area (TPSA) is 24.1 Å². The fourth-order valence-electron chi connectivity index (χ4n) is 3.57. The van der Waals surface area contributed by atoms with E-state index in [0.717, 1.165) is 11.4 Å². The van der Waals surface area contributed by atoms with E-state index in [-0.39, 0.29) is 0 Å². The van der Waals surface area contributed by atoms with Crippen LogP contribution in [0.25, 0.3) is 32.7 Å². The van der Waals surface area contributed by atoms with E-state index in [1.54, 1.807) is 0 Å². The second-order valence-electron chi connectivity index (χ2n) is 6.00. The van der Waals surface area contributed by atoms with Crippen molar-refractivity contribution in [1.29, 1.82) is 0 Å². The van der Waals surface area contributed by atoms with Gasteiger partial charge in [0.05, 0.1) is 0 Å². The Morgan fingerprint density at radius 3 is 1.50 bits per heavy atom. The Bertz CT molecular complexity index is 1040. The molecule has 0 unspecified atom stereocenters. The maximum Gasteiger partial charge on any atom is 0.175 e. The number of fused-ring (bicyclic) bond motifs is 7. The molecular formula is C21H14N2S. The van der Waals surface area contributed by atoms with Crippen LogP contribution in [-0.2, 0) is 0 Å². The Labute approximate surface area is 145 Å². The van der Waals surface area contributed by atoms with Gasteiger partial charge in [-0.25, -0.2) is 0 Å². The highest BCUT2D eigenvalue weighted by Crippen LogP contribution is 2.44. The molecule has 0 aliphatic carbocycles. The predicted molar refractivity (Wildman–Crippen MR) is 107 cm³/mol. The van der Waals surface area contributed by atoms with Gasteiger partial charge in [0.15, 0.2) is 5.11 Å². The molecule has 1 aliphatic heterocycles. The summed E-state index contributed by atoms with van der Waals surface area (Å²) in [6.45, 7) is 0. The first kappa shape index (κ1) is 13.5. The van der Waals surface area contributed by atoms with E-state index >= 15 is 0 Å². The van der Waals surface area contributed by atoms with Crippen molar-refractivity contribution >= 4 is 50.2 Å². The summed E-state index contributed by atoms with van der Waals surface area (Å²) in [6.07, 6.45) is 0. The third kappa shape index (κ3) is 1.92. The van der Waals surface area contributed by atoms with E-state index in [0.29, 0.717) is 5.11 Å². The molecule has 0 aromatic heterocycles. The van der Waals surface area contributed by atoms with Gasteiger partial charge in [-0.15, -0.1) is 0 Å². The molecule has 0 amide bonds. The predicted octanol–water partition coefficient (Wildman–Crippen LogP) is 5.78. The van der Waals surface area contributed by atoms with Crippen LogP contribution in [0.15, 0.2) is 72.8 Å². The van der Waals surface area contributed by atoms with Crippen molar-refractivity contribution in [3.8, 4) is 11.1 Å². The van der Waals surface area contributed by atoms with E-state index in [4.69, 9.17) is 12.2 Å². The van der Waals surface area contributed by atoms with Gasteiger partial charge < -0.3 is 10.6 Å². The molecule has 1 aliphatic rings. The second-order valence-corrected chi connectivity index (χ2v) is 6.41. The van der Waals surface area contributed by atoms with Gasteiger partial charge in [-0.3, -0.25) is 0 Å². The zero-order valence-corrected chi connectivity index (χ0v) is 13.7. The number of anilines is 2. The van der Waals surface area contributed by atoms with Crippen molar-refractivity contribution in [2.75, 3.05) is 10.6 Å². The molecule has 0 spiro atoms. The van der Waals surface area contributed by atoms with Crippen molar-refractivity contribution in [2.24, 2.45) is 0 Å². The van der Waals surface area contributed by atoms with Crippen molar-refractivity contribution in [1.82, 2.24) is 0 Å². The van der Waals surface area contributed by atoms with Gasteiger partial charge in [0.1, 0.15) is 0 Å². The van der Waals surface area contributed by atoms with Gasteiger partial charge in [-0.2, -0.15) is 0 Å². The normalized spacial score (nSPS) is 12.9. The first-order valence-corrected chi connectivity index (χ1v) is 8.34. The molecule has 5 rings (SSSR count). The lowest BCUT2D eigenvalue weighted by atomic mass is 9.91. The van der Waals surface area contributed by atoms with Gasteiger partial charge in [0.25, 0.3) is 0 Å². The Morgan fingerprint density at radius 1 is 0.542 bits per heavy atom. The smallest absolute Gasteiger partial charge is 0.175 e. The summed E-state index contributed by atoms with van der Waals surface area (Å²) in [5.74, 6) is 0. The van der Waals surface area contributed by atoms with Gasteiger partial charge in [0, 0.05) is 22.5 Å². The summed E-state index contributed by atoms with van der Waals surface area (Å²) in [4.78, 5) is 0. The average Bonchev–Trinajstić information content (AvgIpc) is 2.77. The third-order valence-corrected chi connectivity index (χ3v) is 4.81. The molecule has 2 N–H and O–H groups in total. The maximum atomic E-state index is 5.47. The SMILES string of the molecule is S=C1Nc2ccc3ccccc3c2-c2c(ccc3ccccc23)N1. The average molecular weight is 326 g/mol. The first-order valence-electron chi connectivity index (χ1n) is 7.93. The van der Waals surface area contributed by atoms with Crippen LogP contribution in [0.3, 0.4) is 0 Å². The van der Waals surface area contributed by atoms with Gasteiger partial charge >= 0.3 is 0 Å². The van der Waals surface area contributed by atoms with Crippen LogP contribution in [0, 0.1) is 0 Å². The standard InChI is InChI=1S/C21H14N2S/c24-21-22-17-11-9-13-5-1-3-7-15(13)19(17)20-16-8-4-2-6-14(16)10-12-18(20)23-21/h1-12H,(H2,22,23,24). The summed E-state index contributed by atoms with van der Waals surface area (Å²) in [6, 6.07) is 25.5. The molecule has 1 heterocycles. The maximum absolute atomic E-state index is 5.47. The zero-order chi connectivity index (χ0) is 16.1. The molecule has 0 saturated heterocycles. The van der Waals surface area contributed by atoms with Crippen LogP contribution in [0.5, 0.6) is 0 Å². The summed E-state index contributed by atoms with van der Waals surface area (Å²) in [7, 11) is 0. The fraction of sp³-hybridized carbons (Fsp3) is 0.